The van der Waals surface area contributed by atoms with E-state index in [-0.39, 0.29) is 12.5 Å². The minimum absolute atomic E-state index is 0.109. The van der Waals surface area contributed by atoms with Crippen LogP contribution in [-0.4, -0.2) is 17.1 Å². The van der Waals surface area contributed by atoms with E-state index in [0.717, 1.165) is 24.7 Å². The third-order valence-corrected chi connectivity index (χ3v) is 3.38. The Morgan fingerprint density at radius 3 is 2.57 bits per heavy atom. The lowest BCUT2D eigenvalue weighted by Gasteiger charge is -2.31. The Morgan fingerprint density at radius 2 is 2.14 bits per heavy atom. The van der Waals surface area contributed by atoms with E-state index in [0.29, 0.717) is 0 Å². The van der Waals surface area contributed by atoms with Crippen molar-refractivity contribution in [3.05, 3.63) is 0 Å². The number of hydrogen-bond acceptors (Lipinski definition) is 2. The minimum atomic E-state index is -0.784. The molecule has 0 aromatic carbocycles. The molecule has 0 spiro atoms. The Balaban J connectivity index is 2.09. The van der Waals surface area contributed by atoms with Gasteiger partial charge in [-0.15, -0.1) is 0 Å². The third-order valence-electron chi connectivity index (χ3n) is 3.38. The van der Waals surface area contributed by atoms with E-state index in [1.54, 1.807) is 0 Å². The molecule has 2 atom stereocenters. The molecule has 0 bridgehead atoms. The molecule has 1 aliphatic carbocycles. The fourth-order valence-corrected chi connectivity index (χ4v) is 2.05. The van der Waals surface area contributed by atoms with Crippen molar-refractivity contribution in [3.63, 3.8) is 0 Å². The Bertz CT molecular complexity index is 190. The van der Waals surface area contributed by atoms with E-state index in [2.05, 4.69) is 6.92 Å². The SMILES string of the molecule is C[C@@H](CC[C@H](N)CC(=O)O)C1CCC1. The highest BCUT2D eigenvalue weighted by molar-refractivity contribution is 5.67. The van der Waals surface area contributed by atoms with Crippen molar-refractivity contribution in [2.75, 3.05) is 0 Å². The Morgan fingerprint density at radius 1 is 1.50 bits per heavy atom. The zero-order valence-corrected chi connectivity index (χ0v) is 8.91. The van der Waals surface area contributed by atoms with Crippen molar-refractivity contribution in [1.82, 2.24) is 0 Å². The number of nitrogens with two attached hydrogens (primary N) is 1. The predicted octanol–water partition coefficient (Wildman–Crippen LogP) is 2.00. The Kier molecular flexibility index (Phi) is 4.39. The van der Waals surface area contributed by atoms with Crippen molar-refractivity contribution in [3.8, 4) is 0 Å². The first kappa shape index (κ1) is 11.5. The maximum absolute atomic E-state index is 10.4. The topological polar surface area (TPSA) is 63.3 Å². The van der Waals surface area contributed by atoms with Gasteiger partial charge in [-0.05, 0) is 24.7 Å². The van der Waals surface area contributed by atoms with E-state index in [4.69, 9.17) is 10.8 Å². The first-order valence-electron chi connectivity index (χ1n) is 5.57. The molecule has 14 heavy (non-hydrogen) atoms. The van der Waals surface area contributed by atoms with Crippen LogP contribution in [0.15, 0.2) is 0 Å². The van der Waals surface area contributed by atoms with E-state index < -0.39 is 5.97 Å². The molecule has 0 unspecified atom stereocenters. The first-order chi connectivity index (χ1) is 6.59. The van der Waals surface area contributed by atoms with E-state index in [9.17, 15) is 4.79 Å². The monoisotopic (exact) mass is 199 g/mol. The number of carbonyl (C=O) groups is 1. The second-order valence-corrected chi connectivity index (χ2v) is 4.60. The lowest BCUT2D eigenvalue weighted by molar-refractivity contribution is -0.137. The summed E-state index contributed by atoms with van der Waals surface area (Å²) in [6.45, 7) is 2.26. The molecule has 1 fully saturated rings. The van der Waals surface area contributed by atoms with Gasteiger partial charge in [-0.25, -0.2) is 0 Å². The van der Waals surface area contributed by atoms with Crippen molar-refractivity contribution in [1.29, 1.82) is 0 Å². The summed E-state index contributed by atoms with van der Waals surface area (Å²) in [6.07, 6.45) is 6.13. The molecule has 0 radical (unpaired) electrons. The van der Waals surface area contributed by atoms with Gasteiger partial charge in [0.2, 0.25) is 0 Å². The summed E-state index contributed by atoms with van der Waals surface area (Å²) in [5, 5.41) is 8.54. The zero-order valence-electron chi connectivity index (χ0n) is 8.91. The molecule has 0 aromatic heterocycles. The number of rotatable bonds is 6. The van der Waals surface area contributed by atoms with Crippen molar-refractivity contribution in [2.24, 2.45) is 17.6 Å². The van der Waals surface area contributed by atoms with E-state index in [1.807, 2.05) is 0 Å². The number of carboxylic acids is 1. The van der Waals surface area contributed by atoms with Gasteiger partial charge in [0.1, 0.15) is 0 Å². The highest BCUT2D eigenvalue weighted by atomic mass is 16.4. The summed E-state index contributed by atoms with van der Waals surface area (Å²) in [5.41, 5.74) is 5.70. The molecule has 1 saturated carbocycles. The third kappa shape index (κ3) is 3.66. The van der Waals surface area contributed by atoms with Crippen LogP contribution >= 0.6 is 0 Å². The summed E-state index contributed by atoms with van der Waals surface area (Å²) in [6, 6.07) is -0.157. The van der Waals surface area contributed by atoms with Gasteiger partial charge < -0.3 is 10.8 Å². The van der Waals surface area contributed by atoms with Crippen LogP contribution in [-0.2, 0) is 4.79 Å². The maximum atomic E-state index is 10.4. The van der Waals surface area contributed by atoms with Gasteiger partial charge in [0.25, 0.3) is 0 Å². The highest BCUT2D eigenvalue weighted by Gasteiger charge is 2.24. The largest absolute Gasteiger partial charge is 0.481 e. The predicted molar refractivity (Wildman–Crippen MR) is 56.0 cm³/mol. The van der Waals surface area contributed by atoms with Gasteiger partial charge >= 0.3 is 5.97 Å². The van der Waals surface area contributed by atoms with Crippen LogP contribution in [0.25, 0.3) is 0 Å². The molecule has 3 heteroatoms. The fourth-order valence-electron chi connectivity index (χ4n) is 2.05. The van der Waals surface area contributed by atoms with Crippen LogP contribution in [0.5, 0.6) is 0 Å². The molecule has 1 rings (SSSR count). The molecule has 0 heterocycles. The molecule has 3 nitrogen and oxygen atoms in total. The van der Waals surface area contributed by atoms with Crippen LogP contribution in [0.1, 0.15) is 45.4 Å². The smallest absolute Gasteiger partial charge is 0.304 e. The van der Waals surface area contributed by atoms with Crippen LogP contribution in [0.4, 0.5) is 0 Å². The summed E-state index contributed by atoms with van der Waals surface area (Å²) in [7, 11) is 0. The average molecular weight is 199 g/mol. The van der Waals surface area contributed by atoms with Gasteiger partial charge in [-0.2, -0.15) is 0 Å². The van der Waals surface area contributed by atoms with Crippen LogP contribution in [0.2, 0.25) is 0 Å². The molecule has 1 aliphatic rings. The van der Waals surface area contributed by atoms with Crippen LogP contribution in [0, 0.1) is 11.8 Å². The van der Waals surface area contributed by atoms with Gasteiger partial charge in [-0.3, -0.25) is 4.79 Å². The number of aliphatic carboxylic acids is 1. The van der Waals surface area contributed by atoms with E-state index >= 15 is 0 Å². The van der Waals surface area contributed by atoms with Gasteiger partial charge in [-0.1, -0.05) is 26.2 Å². The quantitative estimate of drug-likeness (QED) is 0.687. The van der Waals surface area contributed by atoms with Gasteiger partial charge in [0.05, 0.1) is 6.42 Å². The van der Waals surface area contributed by atoms with Gasteiger partial charge in [0.15, 0.2) is 0 Å². The van der Waals surface area contributed by atoms with E-state index in [1.165, 1.54) is 19.3 Å². The fraction of sp³-hybridized carbons (Fsp3) is 0.909. The molecule has 82 valence electrons. The summed E-state index contributed by atoms with van der Waals surface area (Å²) >= 11 is 0. The number of hydrogen-bond donors (Lipinski definition) is 2. The molecule has 0 aliphatic heterocycles. The van der Waals surface area contributed by atoms with Crippen molar-refractivity contribution >= 4 is 5.97 Å². The normalized spacial score (nSPS) is 21.3. The molecule has 0 saturated heterocycles. The minimum Gasteiger partial charge on any atom is -0.481 e. The van der Waals surface area contributed by atoms with Crippen LogP contribution in [0.3, 0.4) is 0 Å². The standard InChI is InChI=1S/C11H21NO2/c1-8(9-3-2-4-9)5-6-10(12)7-11(13)14/h8-10H,2-7,12H2,1H3,(H,13,14)/t8-,10-/m0/s1. The second-order valence-electron chi connectivity index (χ2n) is 4.60. The molecule has 0 amide bonds. The maximum Gasteiger partial charge on any atom is 0.304 e. The summed E-state index contributed by atoms with van der Waals surface area (Å²) < 4.78 is 0. The van der Waals surface area contributed by atoms with Gasteiger partial charge in [0, 0.05) is 6.04 Å². The molecule has 3 N–H and O–H groups in total. The average Bonchev–Trinajstić information content (AvgIpc) is 1.96. The highest BCUT2D eigenvalue weighted by Crippen LogP contribution is 2.35. The lowest BCUT2D eigenvalue weighted by atomic mass is 9.75. The molecule has 0 aromatic rings. The first-order valence-corrected chi connectivity index (χ1v) is 5.57. The zero-order chi connectivity index (χ0) is 10.6. The summed E-state index contributed by atoms with van der Waals surface area (Å²) in [5.74, 6) is 0.824. The Hall–Kier alpha value is -0.570. The number of carboxylic acid groups (broad SMARTS) is 1. The van der Waals surface area contributed by atoms with Crippen molar-refractivity contribution in [2.45, 2.75) is 51.5 Å². The Labute approximate surface area is 85.7 Å². The second kappa shape index (κ2) is 5.35. The van der Waals surface area contributed by atoms with Crippen LogP contribution < -0.4 is 5.73 Å². The van der Waals surface area contributed by atoms with Crippen molar-refractivity contribution < 1.29 is 9.90 Å². The summed E-state index contributed by atoms with van der Waals surface area (Å²) in [4.78, 5) is 10.4. The molecular weight excluding hydrogens is 178 g/mol. The molecular formula is C11H21NO2. The lowest BCUT2D eigenvalue weighted by Crippen LogP contribution is -2.26.